The van der Waals surface area contributed by atoms with E-state index >= 15 is 0 Å². The molecule has 2 rings (SSSR count). The molecule has 0 spiro atoms. The van der Waals surface area contributed by atoms with Crippen LogP contribution in [0.15, 0.2) is 12.4 Å². The summed E-state index contributed by atoms with van der Waals surface area (Å²) in [6.07, 6.45) is 3.75. The lowest BCUT2D eigenvalue weighted by Crippen LogP contribution is -2.39. The number of aliphatic hydroxyl groups is 1. The molecule has 0 aliphatic heterocycles. The smallest absolute Gasteiger partial charge is 0.356 e. The van der Waals surface area contributed by atoms with Gasteiger partial charge in [0.25, 0.3) is 0 Å². The summed E-state index contributed by atoms with van der Waals surface area (Å²) < 4.78 is 0. The molecule has 0 aromatic carbocycles. The first kappa shape index (κ1) is 9.85. The van der Waals surface area contributed by atoms with E-state index in [0.717, 1.165) is 0 Å². The lowest BCUT2D eigenvalue weighted by molar-refractivity contribution is 0.0689. The van der Waals surface area contributed by atoms with Gasteiger partial charge in [-0.25, -0.2) is 9.78 Å². The van der Waals surface area contributed by atoms with Gasteiger partial charge >= 0.3 is 5.97 Å². The van der Waals surface area contributed by atoms with E-state index in [1.165, 1.54) is 12.4 Å². The van der Waals surface area contributed by atoms with Gasteiger partial charge in [-0.05, 0) is 12.8 Å². The largest absolute Gasteiger partial charge is 0.476 e. The third-order valence-corrected chi connectivity index (χ3v) is 2.32. The van der Waals surface area contributed by atoms with Crippen LogP contribution in [0.3, 0.4) is 0 Å². The van der Waals surface area contributed by atoms with Gasteiger partial charge in [-0.15, -0.1) is 0 Å². The minimum Gasteiger partial charge on any atom is -0.476 e. The van der Waals surface area contributed by atoms with E-state index in [4.69, 9.17) is 10.2 Å². The van der Waals surface area contributed by atoms with Crippen LogP contribution in [0, 0.1) is 0 Å². The molecule has 1 aliphatic carbocycles. The first-order valence-electron chi connectivity index (χ1n) is 4.65. The average Bonchev–Trinajstić information content (AvgIpc) is 2.16. The molecule has 0 unspecified atom stereocenters. The normalized spacial score (nSPS) is 24.3. The molecule has 1 aromatic rings. The number of carbonyl (C=O) groups is 1. The molecule has 6 nitrogen and oxygen atoms in total. The Morgan fingerprint density at radius 1 is 1.47 bits per heavy atom. The number of carboxylic acids is 1. The van der Waals surface area contributed by atoms with E-state index < -0.39 is 5.97 Å². The quantitative estimate of drug-likeness (QED) is 0.654. The van der Waals surface area contributed by atoms with Gasteiger partial charge in [-0.2, -0.15) is 0 Å². The SMILES string of the molecule is O=C(O)c1cncc(NC2CC(O)C2)n1. The topological polar surface area (TPSA) is 95.3 Å². The Balaban J connectivity index is 2.02. The van der Waals surface area contributed by atoms with Gasteiger partial charge in [0.2, 0.25) is 0 Å². The minimum absolute atomic E-state index is 0.0835. The fourth-order valence-electron chi connectivity index (χ4n) is 1.45. The summed E-state index contributed by atoms with van der Waals surface area (Å²) in [6, 6.07) is 0.165. The summed E-state index contributed by atoms with van der Waals surface area (Å²) in [5.74, 6) is -0.661. The van der Waals surface area contributed by atoms with Crippen molar-refractivity contribution >= 4 is 11.8 Å². The van der Waals surface area contributed by atoms with Crippen LogP contribution in [-0.4, -0.2) is 38.3 Å². The monoisotopic (exact) mass is 209 g/mol. The zero-order valence-electron chi connectivity index (χ0n) is 7.92. The number of aliphatic hydroxyl groups excluding tert-OH is 1. The van der Waals surface area contributed by atoms with Crippen molar-refractivity contribution in [3.8, 4) is 0 Å². The van der Waals surface area contributed by atoms with E-state index in [2.05, 4.69) is 15.3 Å². The van der Waals surface area contributed by atoms with Crippen molar-refractivity contribution < 1.29 is 15.0 Å². The standard InChI is InChI=1S/C9H11N3O3/c13-6-1-5(2-6)11-8-4-10-3-7(12-8)9(14)15/h3-6,13H,1-2H2,(H,11,12)(H,14,15). The van der Waals surface area contributed by atoms with Crippen LogP contribution in [0.5, 0.6) is 0 Å². The van der Waals surface area contributed by atoms with Gasteiger partial charge in [0.1, 0.15) is 5.82 Å². The number of rotatable bonds is 3. The van der Waals surface area contributed by atoms with E-state index in [-0.39, 0.29) is 17.8 Å². The van der Waals surface area contributed by atoms with E-state index in [0.29, 0.717) is 18.7 Å². The Labute approximate surface area is 86.0 Å². The Bertz CT molecular complexity index is 377. The predicted molar refractivity (Wildman–Crippen MR) is 51.6 cm³/mol. The van der Waals surface area contributed by atoms with Crippen LogP contribution < -0.4 is 5.32 Å². The predicted octanol–water partition coefficient (Wildman–Crippen LogP) is 0.110. The van der Waals surface area contributed by atoms with Crippen LogP contribution in [0.2, 0.25) is 0 Å². The van der Waals surface area contributed by atoms with Crippen molar-refractivity contribution in [1.29, 1.82) is 0 Å². The number of hydrogen-bond donors (Lipinski definition) is 3. The third kappa shape index (κ3) is 2.21. The van der Waals surface area contributed by atoms with Crippen molar-refractivity contribution in [2.75, 3.05) is 5.32 Å². The maximum absolute atomic E-state index is 10.6. The van der Waals surface area contributed by atoms with Gasteiger partial charge < -0.3 is 15.5 Å². The highest BCUT2D eigenvalue weighted by Crippen LogP contribution is 2.22. The van der Waals surface area contributed by atoms with Crippen LogP contribution in [0.1, 0.15) is 23.3 Å². The van der Waals surface area contributed by atoms with Crippen molar-refractivity contribution in [2.45, 2.75) is 25.0 Å². The summed E-state index contributed by atoms with van der Waals surface area (Å²) in [6.45, 7) is 0. The molecule has 0 saturated heterocycles. The molecule has 1 aliphatic rings. The first-order valence-corrected chi connectivity index (χ1v) is 4.65. The van der Waals surface area contributed by atoms with E-state index in [1.54, 1.807) is 0 Å². The molecule has 15 heavy (non-hydrogen) atoms. The molecule has 1 saturated carbocycles. The number of nitrogens with zero attached hydrogens (tertiary/aromatic N) is 2. The van der Waals surface area contributed by atoms with Crippen molar-refractivity contribution in [1.82, 2.24) is 9.97 Å². The molecule has 0 amide bonds. The molecular formula is C9H11N3O3. The van der Waals surface area contributed by atoms with Gasteiger partial charge in [-0.1, -0.05) is 0 Å². The third-order valence-electron chi connectivity index (χ3n) is 2.32. The number of anilines is 1. The Morgan fingerprint density at radius 3 is 2.80 bits per heavy atom. The molecule has 1 fully saturated rings. The van der Waals surface area contributed by atoms with Crippen molar-refractivity contribution in [2.24, 2.45) is 0 Å². The number of aromatic nitrogens is 2. The summed E-state index contributed by atoms with van der Waals surface area (Å²) in [5.41, 5.74) is -0.0835. The van der Waals surface area contributed by atoms with E-state index in [9.17, 15) is 4.79 Å². The van der Waals surface area contributed by atoms with Gasteiger partial charge in [-0.3, -0.25) is 4.98 Å². The Kier molecular flexibility index (Phi) is 2.51. The van der Waals surface area contributed by atoms with Gasteiger partial charge in [0, 0.05) is 6.04 Å². The van der Waals surface area contributed by atoms with Crippen LogP contribution >= 0.6 is 0 Å². The summed E-state index contributed by atoms with van der Waals surface area (Å²) in [4.78, 5) is 18.2. The van der Waals surface area contributed by atoms with Crippen molar-refractivity contribution in [3.63, 3.8) is 0 Å². The lowest BCUT2D eigenvalue weighted by Gasteiger charge is -2.32. The Hall–Kier alpha value is -1.69. The minimum atomic E-state index is -1.10. The van der Waals surface area contributed by atoms with E-state index in [1.807, 2.05) is 0 Å². The molecule has 3 N–H and O–H groups in total. The number of carboxylic acid groups (broad SMARTS) is 1. The maximum Gasteiger partial charge on any atom is 0.356 e. The fourth-order valence-corrected chi connectivity index (χ4v) is 1.45. The van der Waals surface area contributed by atoms with Gasteiger partial charge in [0.05, 0.1) is 18.5 Å². The number of hydrogen-bond acceptors (Lipinski definition) is 5. The summed E-state index contributed by atoms with van der Waals surface area (Å²) >= 11 is 0. The molecular weight excluding hydrogens is 198 g/mol. The van der Waals surface area contributed by atoms with Crippen LogP contribution in [0.25, 0.3) is 0 Å². The second kappa shape index (κ2) is 3.82. The lowest BCUT2D eigenvalue weighted by atomic mass is 9.90. The Morgan fingerprint density at radius 2 is 2.20 bits per heavy atom. The number of aromatic carboxylic acids is 1. The first-order chi connectivity index (χ1) is 7.15. The summed E-state index contributed by atoms with van der Waals surface area (Å²) in [5, 5.41) is 20.8. The maximum atomic E-state index is 10.6. The summed E-state index contributed by atoms with van der Waals surface area (Å²) in [7, 11) is 0. The highest BCUT2D eigenvalue weighted by molar-refractivity contribution is 5.85. The average molecular weight is 209 g/mol. The molecule has 6 heteroatoms. The zero-order chi connectivity index (χ0) is 10.8. The molecule has 80 valence electrons. The highest BCUT2D eigenvalue weighted by atomic mass is 16.4. The van der Waals surface area contributed by atoms with Gasteiger partial charge in [0.15, 0.2) is 5.69 Å². The van der Waals surface area contributed by atoms with Crippen LogP contribution in [-0.2, 0) is 0 Å². The molecule has 0 bridgehead atoms. The highest BCUT2D eigenvalue weighted by Gasteiger charge is 2.27. The zero-order valence-corrected chi connectivity index (χ0v) is 7.92. The molecule has 0 atom stereocenters. The molecule has 0 radical (unpaired) electrons. The molecule has 1 heterocycles. The second-order valence-electron chi connectivity index (χ2n) is 3.56. The fraction of sp³-hybridized carbons (Fsp3) is 0.444. The number of nitrogens with one attached hydrogen (secondary N) is 1. The molecule has 1 aromatic heterocycles. The van der Waals surface area contributed by atoms with Crippen molar-refractivity contribution in [3.05, 3.63) is 18.1 Å². The van der Waals surface area contributed by atoms with Crippen LogP contribution in [0.4, 0.5) is 5.82 Å². The second-order valence-corrected chi connectivity index (χ2v) is 3.56.